The third-order valence-electron chi connectivity index (χ3n) is 3.75. The van der Waals surface area contributed by atoms with E-state index in [4.69, 9.17) is 9.25 Å². The van der Waals surface area contributed by atoms with Crippen LogP contribution in [0.15, 0.2) is 40.0 Å². The first-order valence-corrected chi connectivity index (χ1v) is 7.65. The van der Waals surface area contributed by atoms with E-state index in [-0.39, 0.29) is 18.2 Å². The van der Waals surface area contributed by atoms with Crippen molar-refractivity contribution >= 4 is 17.7 Å². The van der Waals surface area contributed by atoms with E-state index in [1.165, 1.54) is 18.1 Å². The van der Waals surface area contributed by atoms with Gasteiger partial charge in [0.1, 0.15) is 11.5 Å². The van der Waals surface area contributed by atoms with Gasteiger partial charge in [0.2, 0.25) is 17.7 Å². The molecule has 130 valence electrons. The SMILES string of the molecule is COC(=O)c1ccc(CN2C(=O)C(C)ON=C2c2ncccc2C)o1. The number of aromatic nitrogens is 1. The van der Waals surface area contributed by atoms with E-state index < -0.39 is 12.1 Å². The highest BCUT2D eigenvalue weighted by Gasteiger charge is 2.34. The Balaban J connectivity index is 1.93. The number of pyridine rings is 1. The van der Waals surface area contributed by atoms with Crippen LogP contribution >= 0.6 is 0 Å². The smallest absolute Gasteiger partial charge is 0.373 e. The second-order valence-electron chi connectivity index (χ2n) is 5.51. The second kappa shape index (κ2) is 6.76. The number of carbonyl (C=O) groups excluding carboxylic acids is 2. The van der Waals surface area contributed by atoms with Crippen molar-refractivity contribution in [3.05, 3.63) is 53.2 Å². The summed E-state index contributed by atoms with van der Waals surface area (Å²) >= 11 is 0. The fraction of sp³-hybridized carbons (Fsp3) is 0.294. The monoisotopic (exact) mass is 343 g/mol. The highest BCUT2D eigenvalue weighted by Crippen LogP contribution is 2.20. The number of ether oxygens (including phenoxy) is 1. The number of nitrogens with zero attached hydrogens (tertiary/aromatic N) is 3. The highest BCUT2D eigenvalue weighted by atomic mass is 16.6. The molecular weight excluding hydrogens is 326 g/mol. The van der Waals surface area contributed by atoms with Gasteiger partial charge in [-0.3, -0.25) is 14.7 Å². The van der Waals surface area contributed by atoms with Crippen LogP contribution in [0.3, 0.4) is 0 Å². The van der Waals surface area contributed by atoms with Gasteiger partial charge in [0.05, 0.1) is 13.7 Å². The van der Waals surface area contributed by atoms with Crippen LogP contribution in [0.1, 0.15) is 34.5 Å². The fourth-order valence-corrected chi connectivity index (χ4v) is 2.42. The number of esters is 1. The van der Waals surface area contributed by atoms with Gasteiger partial charge in [-0.05, 0) is 37.6 Å². The number of methoxy groups -OCH3 is 1. The summed E-state index contributed by atoms with van der Waals surface area (Å²) in [6.07, 6.45) is 0.899. The Kier molecular flexibility index (Phi) is 4.51. The largest absolute Gasteiger partial charge is 0.463 e. The molecule has 1 amide bonds. The van der Waals surface area contributed by atoms with Crippen molar-refractivity contribution in [3.8, 4) is 0 Å². The lowest BCUT2D eigenvalue weighted by Gasteiger charge is -2.29. The van der Waals surface area contributed by atoms with Gasteiger partial charge < -0.3 is 14.0 Å². The maximum absolute atomic E-state index is 12.6. The standard InChI is InChI=1S/C17H17N3O5/c1-10-5-4-8-18-14(10)15-19-25-11(2)16(21)20(15)9-12-6-7-13(24-12)17(22)23-3/h4-8,11H,9H2,1-3H3. The number of rotatable bonds is 4. The van der Waals surface area contributed by atoms with Crippen molar-refractivity contribution in [3.63, 3.8) is 0 Å². The van der Waals surface area contributed by atoms with Gasteiger partial charge in [-0.25, -0.2) is 4.79 Å². The fourth-order valence-electron chi connectivity index (χ4n) is 2.42. The van der Waals surface area contributed by atoms with Crippen LogP contribution in [-0.4, -0.2) is 40.8 Å². The maximum Gasteiger partial charge on any atom is 0.373 e. The van der Waals surface area contributed by atoms with Gasteiger partial charge in [-0.1, -0.05) is 11.2 Å². The third kappa shape index (κ3) is 3.23. The van der Waals surface area contributed by atoms with Crippen molar-refractivity contribution < 1.29 is 23.6 Å². The molecule has 0 N–H and O–H groups in total. The molecule has 0 spiro atoms. The lowest BCUT2D eigenvalue weighted by Crippen LogP contribution is -2.46. The molecule has 2 aromatic heterocycles. The van der Waals surface area contributed by atoms with Gasteiger partial charge in [0, 0.05) is 6.20 Å². The van der Waals surface area contributed by atoms with Crippen LogP contribution in [0.5, 0.6) is 0 Å². The zero-order valence-corrected chi connectivity index (χ0v) is 14.1. The number of amidine groups is 1. The van der Waals surface area contributed by atoms with E-state index in [0.29, 0.717) is 17.3 Å². The summed E-state index contributed by atoms with van der Waals surface area (Å²) in [6, 6.07) is 6.78. The zero-order valence-electron chi connectivity index (χ0n) is 14.1. The van der Waals surface area contributed by atoms with E-state index in [1.807, 2.05) is 13.0 Å². The molecule has 0 saturated heterocycles. The molecule has 0 radical (unpaired) electrons. The minimum Gasteiger partial charge on any atom is -0.463 e. The number of carbonyl (C=O) groups is 2. The van der Waals surface area contributed by atoms with Crippen LogP contribution in [-0.2, 0) is 20.9 Å². The molecular formula is C17H17N3O5. The number of aryl methyl sites for hydroxylation is 1. The predicted molar refractivity (Wildman–Crippen MR) is 86.7 cm³/mol. The molecule has 2 aromatic rings. The summed E-state index contributed by atoms with van der Waals surface area (Å²) in [5.41, 5.74) is 1.40. The Morgan fingerprint density at radius 2 is 2.16 bits per heavy atom. The molecule has 0 bridgehead atoms. The highest BCUT2D eigenvalue weighted by molar-refractivity contribution is 6.09. The number of oxime groups is 1. The summed E-state index contributed by atoms with van der Waals surface area (Å²) in [5.74, 6) is -0.0615. The zero-order chi connectivity index (χ0) is 18.0. The normalized spacial score (nSPS) is 17.1. The molecule has 1 atom stereocenters. The Labute approximate surface area is 144 Å². The van der Waals surface area contributed by atoms with Crippen molar-refractivity contribution in [2.75, 3.05) is 7.11 Å². The lowest BCUT2D eigenvalue weighted by molar-refractivity contribution is -0.142. The van der Waals surface area contributed by atoms with E-state index in [9.17, 15) is 9.59 Å². The van der Waals surface area contributed by atoms with Gasteiger partial charge in [-0.15, -0.1) is 0 Å². The summed E-state index contributed by atoms with van der Waals surface area (Å²) in [4.78, 5) is 35.0. The van der Waals surface area contributed by atoms with Gasteiger partial charge in [0.15, 0.2) is 0 Å². The topological polar surface area (TPSA) is 94.2 Å². The molecule has 8 nitrogen and oxygen atoms in total. The Morgan fingerprint density at radius 3 is 2.88 bits per heavy atom. The molecule has 1 unspecified atom stereocenters. The quantitative estimate of drug-likeness (QED) is 0.787. The van der Waals surface area contributed by atoms with Gasteiger partial charge in [-0.2, -0.15) is 0 Å². The number of hydrogen-bond donors (Lipinski definition) is 0. The van der Waals surface area contributed by atoms with Crippen LogP contribution in [0.25, 0.3) is 0 Å². The average Bonchev–Trinajstić information content (AvgIpc) is 3.08. The number of amides is 1. The molecule has 8 heteroatoms. The summed E-state index contributed by atoms with van der Waals surface area (Å²) < 4.78 is 10.1. The molecule has 0 aliphatic carbocycles. The molecule has 0 aromatic carbocycles. The molecule has 1 aliphatic rings. The Hall–Kier alpha value is -3.16. The van der Waals surface area contributed by atoms with E-state index >= 15 is 0 Å². The van der Waals surface area contributed by atoms with Crippen LogP contribution in [0.4, 0.5) is 0 Å². The second-order valence-corrected chi connectivity index (χ2v) is 5.51. The first-order valence-electron chi connectivity index (χ1n) is 7.65. The predicted octanol–water partition coefficient (Wildman–Crippen LogP) is 1.88. The van der Waals surface area contributed by atoms with E-state index in [2.05, 4.69) is 14.9 Å². The summed E-state index contributed by atoms with van der Waals surface area (Å²) in [6.45, 7) is 3.58. The lowest BCUT2D eigenvalue weighted by atomic mass is 10.1. The molecule has 3 heterocycles. The van der Waals surface area contributed by atoms with Gasteiger partial charge >= 0.3 is 5.97 Å². The van der Waals surface area contributed by atoms with E-state index in [0.717, 1.165) is 5.56 Å². The van der Waals surface area contributed by atoms with Crippen molar-refractivity contribution in [1.82, 2.24) is 9.88 Å². The Morgan fingerprint density at radius 1 is 1.36 bits per heavy atom. The molecule has 0 saturated carbocycles. The summed E-state index contributed by atoms with van der Waals surface area (Å²) in [7, 11) is 1.27. The number of furan rings is 1. The average molecular weight is 343 g/mol. The number of hydrogen-bond acceptors (Lipinski definition) is 7. The molecule has 3 rings (SSSR count). The summed E-state index contributed by atoms with van der Waals surface area (Å²) in [5, 5.41) is 4.05. The first kappa shape index (κ1) is 16.7. The van der Waals surface area contributed by atoms with E-state index in [1.54, 1.807) is 25.3 Å². The van der Waals surface area contributed by atoms with Crippen LogP contribution < -0.4 is 0 Å². The van der Waals surface area contributed by atoms with Gasteiger partial charge in [0.25, 0.3) is 5.91 Å². The minimum atomic E-state index is -0.720. The van der Waals surface area contributed by atoms with Crippen molar-refractivity contribution in [1.29, 1.82) is 0 Å². The third-order valence-corrected chi connectivity index (χ3v) is 3.75. The molecule has 25 heavy (non-hydrogen) atoms. The van der Waals surface area contributed by atoms with Crippen LogP contribution in [0.2, 0.25) is 0 Å². The van der Waals surface area contributed by atoms with Crippen LogP contribution in [0, 0.1) is 6.92 Å². The maximum atomic E-state index is 12.6. The minimum absolute atomic E-state index is 0.0683. The van der Waals surface area contributed by atoms with Crippen molar-refractivity contribution in [2.45, 2.75) is 26.5 Å². The first-order chi connectivity index (χ1) is 12.0. The molecule has 1 aliphatic heterocycles. The molecule has 0 fully saturated rings. The Bertz CT molecular complexity index is 842. The van der Waals surface area contributed by atoms with Crippen molar-refractivity contribution in [2.24, 2.45) is 5.16 Å².